The number of hydrogen-bond donors (Lipinski definition) is 2. The van der Waals surface area contributed by atoms with E-state index in [-0.39, 0.29) is 6.04 Å². The number of hydrogen-bond acceptors (Lipinski definition) is 3. The molecule has 0 bridgehead atoms. The lowest BCUT2D eigenvalue weighted by Gasteiger charge is -2.27. The van der Waals surface area contributed by atoms with Gasteiger partial charge in [-0.15, -0.1) is 0 Å². The van der Waals surface area contributed by atoms with Crippen molar-refractivity contribution < 1.29 is 4.74 Å². The molecule has 1 aromatic carbocycles. The van der Waals surface area contributed by atoms with E-state index in [1.54, 1.807) is 0 Å². The molecule has 0 spiro atoms. The molecule has 17 heavy (non-hydrogen) atoms. The lowest BCUT2D eigenvalue weighted by atomic mass is 9.87. The summed E-state index contributed by atoms with van der Waals surface area (Å²) in [4.78, 5) is 0. The second-order valence-corrected chi connectivity index (χ2v) is 4.83. The Morgan fingerprint density at radius 3 is 2.71 bits per heavy atom. The fraction of sp³-hybridized carbons (Fsp3) is 0.571. The van der Waals surface area contributed by atoms with Crippen molar-refractivity contribution >= 4 is 0 Å². The van der Waals surface area contributed by atoms with Crippen LogP contribution in [0.2, 0.25) is 0 Å². The maximum absolute atomic E-state index is 5.75. The van der Waals surface area contributed by atoms with Crippen molar-refractivity contribution in [1.29, 1.82) is 0 Å². The molecule has 1 aromatic rings. The molecular weight excluding hydrogens is 212 g/mol. The maximum atomic E-state index is 5.75. The minimum atomic E-state index is 0.197. The molecule has 3 atom stereocenters. The van der Waals surface area contributed by atoms with Gasteiger partial charge in [-0.05, 0) is 25.3 Å². The first-order valence-corrected chi connectivity index (χ1v) is 6.40. The summed E-state index contributed by atoms with van der Waals surface area (Å²) in [5, 5.41) is 0. The third-order valence-electron chi connectivity index (χ3n) is 3.71. The van der Waals surface area contributed by atoms with Crippen LogP contribution in [0, 0.1) is 12.8 Å². The molecule has 0 aliphatic carbocycles. The van der Waals surface area contributed by atoms with Crippen molar-refractivity contribution in [3.05, 3.63) is 35.4 Å². The number of nitrogens with two attached hydrogens (primary N) is 1. The van der Waals surface area contributed by atoms with Gasteiger partial charge in [-0.25, -0.2) is 0 Å². The van der Waals surface area contributed by atoms with Crippen LogP contribution in [0.25, 0.3) is 0 Å². The Morgan fingerprint density at radius 2 is 2.12 bits per heavy atom. The normalized spacial score (nSPS) is 26.1. The lowest BCUT2D eigenvalue weighted by Crippen LogP contribution is -2.36. The number of nitrogens with one attached hydrogen (secondary N) is 1. The Hall–Kier alpha value is -0.900. The number of rotatable bonds is 4. The predicted molar refractivity (Wildman–Crippen MR) is 69.4 cm³/mol. The zero-order valence-electron chi connectivity index (χ0n) is 10.6. The summed E-state index contributed by atoms with van der Waals surface area (Å²) in [5.41, 5.74) is 5.50. The molecule has 1 aliphatic heterocycles. The van der Waals surface area contributed by atoms with E-state index in [0.717, 1.165) is 19.4 Å². The molecule has 0 saturated carbocycles. The summed E-state index contributed by atoms with van der Waals surface area (Å²) in [5.74, 6) is 6.21. The minimum Gasteiger partial charge on any atom is -0.378 e. The Kier molecular flexibility index (Phi) is 4.15. The van der Waals surface area contributed by atoms with Crippen LogP contribution in [0.5, 0.6) is 0 Å². The summed E-state index contributed by atoms with van der Waals surface area (Å²) in [6.07, 6.45) is 2.47. The molecule has 3 unspecified atom stereocenters. The average Bonchev–Trinajstić information content (AvgIpc) is 2.81. The van der Waals surface area contributed by atoms with Gasteiger partial charge in [-0.1, -0.05) is 36.8 Å². The molecule has 1 fully saturated rings. The van der Waals surface area contributed by atoms with Gasteiger partial charge in [0, 0.05) is 12.5 Å². The Labute approximate surface area is 103 Å². The van der Waals surface area contributed by atoms with Crippen molar-refractivity contribution in [2.24, 2.45) is 11.8 Å². The summed E-state index contributed by atoms with van der Waals surface area (Å²) >= 11 is 0. The predicted octanol–water partition coefficient (Wildman–Crippen LogP) is 2.31. The van der Waals surface area contributed by atoms with Crippen molar-refractivity contribution in [2.45, 2.75) is 38.8 Å². The highest BCUT2D eigenvalue weighted by molar-refractivity contribution is 5.25. The largest absolute Gasteiger partial charge is 0.378 e. The van der Waals surface area contributed by atoms with E-state index >= 15 is 0 Å². The van der Waals surface area contributed by atoms with E-state index in [1.165, 1.54) is 11.1 Å². The van der Waals surface area contributed by atoms with Gasteiger partial charge in [0.05, 0.1) is 12.1 Å². The molecule has 0 radical (unpaired) electrons. The SMILES string of the molecule is CCC1OCCC1C(NN)c1ccc(C)cc1. The summed E-state index contributed by atoms with van der Waals surface area (Å²) in [6, 6.07) is 8.78. The van der Waals surface area contributed by atoms with Crippen LogP contribution in [0.1, 0.15) is 36.9 Å². The number of benzene rings is 1. The summed E-state index contributed by atoms with van der Waals surface area (Å²) in [6.45, 7) is 5.13. The van der Waals surface area contributed by atoms with Gasteiger partial charge in [0.2, 0.25) is 0 Å². The van der Waals surface area contributed by atoms with Crippen LogP contribution in [-0.2, 0) is 4.74 Å². The van der Waals surface area contributed by atoms with Crippen molar-refractivity contribution in [3.63, 3.8) is 0 Å². The monoisotopic (exact) mass is 234 g/mol. The Bertz CT molecular complexity index is 350. The Balaban J connectivity index is 2.18. The van der Waals surface area contributed by atoms with E-state index in [4.69, 9.17) is 10.6 Å². The van der Waals surface area contributed by atoms with E-state index in [2.05, 4.69) is 43.5 Å². The fourth-order valence-electron chi connectivity index (χ4n) is 2.71. The minimum absolute atomic E-state index is 0.197. The third-order valence-corrected chi connectivity index (χ3v) is 3.71. The van der Waals surface area contributed by atoms with Gasteiger partial charge in [-0.3, -0.25) is 11.3 Å². The molecule has 1 saturated heterocycles. The average molecular weight is 234 g/mol. The van der Waals surface area contributed by atoms with Crippen LogP contribution < -0.4 is 11.3 Å². The van der Waals surface area contributed by atoms with Gasteiger partial charge in [0.15, 0.2) is 0 Å². The zero-order chi connectivity index (χ0) is 12.3. The molecule has 3 nitrogen and oxygen atoms in total. The molecule has 3 heteroatoms. The highest BCUT2D eigenvalue weighted by atomic mass is 16.5. The second-order valence-electron chi connectivity index (χ2n) is 4.83. The first-order valence-electron chi connectivity index (χ1n) is 6.40. The molecule has 0 amide bonds. The van der Waals surface area contributed by atoms with Crippen molar-refractivity contribution in [3.8, 4) is 0 Å². The third kappa shape index (κ3) is 2.68. The summed E-state index contributed by atoms with van der Waals surface area (Å²) < 4.78 is 5.75. The molecule has 94 valence electrons. The van der Waals surface area contributed by atoms with Crippen LogP contribution in [-0.4, -0.2) is 12.7 Å². The van der Waals surface area contributed by atoms with Gasteiger partial charge < -0.3 is 4.74 Å². The molecular formula is C14H22N2O. The standard InChI is InChI=1S/C14H22N2O/c1-3-13-12(8-9-17-13)14(16-15)11-6-4-10(2)5-7-11/h4-7,12-14,16H,3,8-9,15H2,1-2H3. The van der Waals surface area contributed by atoms with Gasteiger partial charge in [-0.2, -0.15) is 0 Å². The van der Waals surface area contributed by atoms with Crippen molar-refractivity contribution in [2.75, 3.05) is 6.61 Å². The van der Waals surface area contributed by atoms with Crippen LogP contribution >= 0.6 is 0 Å². The lowest BCUT2D eigenvalue weighted by molar-refractivity contribution is 0.0774. The number of ether oxygens (including phenoxy) is 1. The molecule has 2 rings (SSSR count). The van der Waals surface area contributed by atoms with Crippen LogP contribution in [0.4, 0.5) is 0 Å². The molecule has 1 heterocycles. The van der Waals surface area contributed by atoms with Gasteiger partial charge in [0.1, 0.15) is 0 Å². The summed E-state index contributed by atoms with van der Waals surface area (Å²) in [7, 11) is 0. The second kappa shape index (κ2) is 5.63. The maximum Gasteiger partial charge on any atom is 0.0620 e. The number of hydrazine groups is 1. The zero-order valence-corrected chi connectivity index (χ0v) is 10.6. The van der Waals surface area contributed by atoms with E-state index in [0.29, 0.717) is 12.0 Å². The molecule has 1 aliphatic rings. The Morgan fingerprint density at radius 1 is 1.41 bits per heavy atom. The van der Waals surface area contributed by atoms with E-state index in [9.17, 15) is 0 Å². The van der Waals surface area contributed by atoms with Crippen LogP contribution in [0.15, 0.2) is 24.3 Å². The van der Waals surface area contributed by atoms with Gasteiger partial charge in [0.25, 0.3) is 0 Å². The van der Waals surface area contributed by atoms with E-state index < -0.39 is 0 Å². The fourth-order valence-corrected chi connectivity index (χ4v) is 2.71. The van der Waals surface area contributed by atoms with Gasteiger partial charge >= 0.3 is 0 Å². The van der Waals surface area contributed by atoms with E-state index in [1.807, 2.05) is 0 Å². The van der Waals surface area contributed by atoms with Crippen molar-refractivity contribution in [1.82, 2.24) is 5.43 Å². The first-order chi connectivity index (χ1) is 8.26. The first kappa shape index (κ1) is 12.6. The topological polar surface area (TPSA) is 47.3 Å². The smallest absolute Gasteiger partial charge is 0.0620 e. The highest BCUT2D eigenvalue weighted by Gasteiger charge is 2.33. The molecule has 3 N–H and O–H groups in total. The van der Waals surface area contributed by atoms with Crippen LogP contribution in [0.3, 0.4) is 0 Å². The highest BCUT2D eigenvalue weighted by Crippen LogP contribution is 2.34. The molecule has 0 aromatic heterocycles. The quantitative estimate of drug-likeness (QED) is 0.621. The number of aryl methyl sites for hydroxylation is 1.